The maximum absolute atomic E-state index is 3.44. The summed E-state index contributed by atoms with van der Waals surface area (Å²) in [4.78, 5) is 0. The molecule has 0 bridgehead atoms. The summed E-state index contributed by atoms with van der Waals surface area (Å²) in [6.45, 7) is 9.03. The molecular formula is C18H28N2Si2. The molecule has 0 aliphatic carbocycles. The first-order chi connectivity index (χ1) is 10.0. The molecule has 0 aliphatic heterocycles. The minimum absolute atomic E-state index is 1.07. The third kappa shape index (κ3) is 5.48. The van der Waals surface area contributed by atoms with E-state index in [9.17, 15) is 0 Å². The van der Waals surface area contributed by atoms with Gasteiger partial charge in [0.05, 0.1) is 0 Å². The van der Waals surface area contributed by atoms with Gasteiger partial charge >= 0.3 is 0 Å². The van der Waals surface area contributed by atoms with Gasteiger partial charge in [0, 0.05) is 11.1 Å². The first kappa shape index (κ1) is 18.7. The number of hydrogen-bond donors (Lipinski definition) is 0. The minimum atomic E-state index is -1.59. The smallest absolute Gasteiger partial charge is 0.204 e. The van der Waals surface area contributed by atoms with E-state index in [-0.39, 0.29) is 0 Å². The number of rotatable bonds is 2. The Labute approximate surface area is 138 Å². The summed E-state index contributed by atoms with van der Waals surface area (Å²) in [6, 6.07) is 8.28. The summed E-state index contributed by atoms with van der Waals surface area (Å²) in [5.74, 6) is 6.61. The van der Waals surface area contributed by atoms with Crippen LogP contribution in [0.25, 0.3) is 0 Å². The lowest BCUT2D eigenvalue weighted by Gasteiger charge is -2.23. The second-order valence-corrected chi connectivity index (χ2v) is 15.5. The van der Waals surface area contributed by atoms with E-state index < -0.39 is 16.5 Å². The van der Waals surface area contributed by atoms with Gasteiger partial charge in [-0.25, -0.2) is 0 Å². The molecule has 1 aromatic carbocycles. The van der Waals surface area contributed by atoms with Crippen molar-refractivity contribution in [2.45, 2.75) is 26.2 Å². The molecule has 0 N–H and O–H groups in total. The minimum Gasteiger partial charge on any atom is -0.320 e. The van der Waals surface area contributed by atoms with Crippen molar-refractivity contribution < 1.29 is 0 Å². The average molecular weight is 329 g/mol. The zero-order chi connectivity index (χ0) is 17.0. The Morgan fingerprint density at radius 3 is 1.14 bits per heavy atom. The van der Waals surface area contributed by atoms with Crippen LogP contribution in [-0.4, -0.2) is 53.8 Å². The molecule has 0 aromatic heterocycles. The van der Waals surface area contributed by atoms with Crippen molar-refractivity contribution in [2.75, 3.05) is 28.2 Å². The molecule has 1 rings (SSSR count). The van der Waals surface area contributed by atoms with Gasteiger partial charge in [0.1, 0.15) is 0 Å². The van der Waals surface area contributed by atoms with Gasteiger partial charge in [-0.1, -0.05) is 11.8 Å². The van der Waals surface area contributed by atoms with E-state index in [1.807, 2.05) is 0 Å². The normalized spacial score (nSPS) is 11.7. The Kier molecular flexibility index (Phi) is 6.22. The van der Waals surface area contributed by atoms with Crippen molar-refractivity contribution in [3.63, 3.8) is 0 Å². The van der Waals surface area contributed by atoms with E-state index in [1.54, 1.807) is 0 Å². The van der Waals surface area contributed by atoms with Crippen LogP contribution in [0.1, 0.15) is 11.1 Å². The van der Waals surface area contributed by atoms with Gasteiger partial charge in [0.25, 0.3) is 0 Å². The summed E-state index contributed by atoms with van der Waals surface area (Å²) in [7, 11) is 5.26. The van der Waals surface area contributed by atoms with Gasteiger partial charge < -0.3 is 9.13 Å². The van der Waals surface area contributed by atoms with Crippen LogP contribution in [0.3, 0.4) is 0 Å². The Hall–Kier alpha value is -1.31. The zero-order valence-electron chi connectivity index (χ0n) is 15.2. The monoisotopic (exact) mass is 328 g/mol. The summed E-state index contributed by atoms with van der Waals surface area (Å²) in [5, 5.41) is 0. The molecule has 2 nitrogen and oxygen atoms in total. The van der Waals surface area contributed by atoms with Crippen LogP contribution in [0.4, 0.5) is 0 Å². The van der Waals surface area contributed by atoms with Gasteiger partial charge in [0.15, 0.2) is 0 Å². The molecule has 0 fully saturated rings. The summed E-state index contributed by atoms with van der Waals surface area (Å²) in [6.07, 6.45) is 0. The van der Waals surface area contributed by atoms with E-state index in [0.717, 1.165) is 11.1 Å². The molecular weight excluding hydrogens is 300 g/mol. The average Bonchev–Trinajstić information content (AvgIpc) is 2.44. The molecule has 118 valence electrons. The van der Waals surface area contributed by atoms with Crippen molar-refractivity contribution in [3.8, 4) is 22.9 Å². The molecule has 0 radical (unpaired) electrons. The molecule has 0 saturated heterocycles. The molecule has 0 aliphatic rings. The van der Waals surface area contributed by atoms with Gasteiger partial charge in [-0.05, 0) is 78.6 Å². The fourth-order valence-corrected chi connectivity index (χ4v) is 2.66. The summed E-state index contributed by atoms with van der Waals surface area (Å²) < 4.78 is 4.52. The number of nitrogens with zero attached hydrogens (tertiary/aromatic N) is 2. The van der Waals surface area contributed by atoms with E-state index in [4.69, 9.17) is 0 Å². The van der Waals surface area contributed by atoms with Crippen LogP contribution in [0.2, 0.25) is 26.2 Å². The third-order valence-electron chi connectivity index (χ3n) is 4.15. The Morgan fingerprint density at radius 2 is 0.909 bits per heavy atom. The highest BCUT2D eigenvalue weighted by molar-refractivity contribution is 6.82. The van der Waals surface area contributed by atoms with Gasteiger partial charge in [-0.2, -0.15) is 0 Å². The highest BCUT2D eigenvalue weighted by Gasteiger charge is 2.21. The fraction of sp³-hybridized carbons (Fsp3) is 0.444. The molecule has 0 saturated carbocycles. The summed E-state index contributed by atoms with van der Waals surface area (Å²) in [5.41, 5.74) is 9.02. The summed E-state index contributed by atoms with van der Waals surface area (Å²) >= 11 is 0. The number of hydrogen-bond acceptors (Lipinski definition) is 2. The predicted octanol–water partition coefficient (Wildman–Crippen LogP) is 3.00. The van der Waals surface area contributed by atoms with Crippen LogP contribution >= 0.6 is 0 Å². The van der Waals surface area contributed by atoms with Gasteiger partial charge in [-0.3, -0.25) is 0 Å². The van der Waals surface area contributed by atoms with Crippen LogP contribution < -0.4 is 0 Å². The molecule has 22 heavy (non-hydrogen) atoms. The highest BCUT2D eigenvalue weighted by Crippen LogP contribution is 2.07. The first-order valence-electron chi connectivity index (χ1n) is 7.56. The van der Waals surface area contributed by atoms with E-state index in [0.29, 0.717) is 0 Å². The van der Waals surface area contributed by atoms with Crippen molar-refractivity contribution in [1.29, 1.82) is 0 Å². The second-order valence-electron chi connectivity index (χ2n) is 6.98. The molecule has 0 heterocycles. The molecule has 0 unspecified atom stereocenters. The molecule has 0 amide bonds. The fourth-order valence-electron chi connectivity index (χ4n) is 1.31. The maximum atomic E-state index is 3.44. The van der Waals surface area contributed by atoms with Gasteiger partial charge in [-0.15, -0.1) is 11.1 Å². The van der Waals surface area contributed by atoms with Gasteiger partial charge in [0.2, 0.25) is 16.5 Å². The highest BCUT2D eigenvalue weighted by atomic mass is 28.3. The molecule has 1 aromatic rings. The van der Waals surface area contributed by atoms with Crippen LogP contribution in [0.5, 0.6) is 0 Å². The largest absolute Gasteiger partial charge is 0.320 e. The lowest BCUT2D eigenvalue weighted by Crippen LogP contribution is -2.42. The number of benzene rings is 1. The van der Waals surface area contributed by atoms with E-state index in [2.05, 4.69) is 111 Å². The lowest BCUT2D eigenvalue weighted by molar-refractivity contribution is 0.635. The first-order valence-corrected chi connectivity index (χ1v) is 13.5. The Morgan fingerprint density at radius 1 is 0.636 bits per heavy atom. The zero-order valence-corrected chi connectivity index (χ0v) is 17.2. The molecule has 0 spiro atoms. The topological polar surface area (TPSA) is 6.48 Å². The van der Waals surface area contributed by atoms with Crippen molar-refractivity contribution in [1.82, 2.24) is 9.13 Å². The third-order valence-corrected chi connectivity index (χ3v) is 10.1. The van der Waals surface area contributed by atoms with Crippen LogP contribution in [-0.2, 0) is 0 Å². The lowest BCUT2D eigenvalue weighted by atomic mass is 10.1. The van der Waals surface area contributed by atoms with Crippen molar-refractivity contribution in [2.24, 2.45) is 0 Å². The molecule has 4 heteroatoms. The second kappa shape index (κ2) is 7.31. The van der Waals surface area contributed by atoms with Crippen LogP contribution in [0, 0.1) is 22.9 Å². The standard InChI is InChI=1S/C18H28N2Si2/c1-19(2)21(5,6)15-13-17-9-11-18(12-10-17)14-16-22(7,8)20(3)4/h9-12H,1-8H3. The van der Waals surface area contributed by atoms with Crippen molar-refractivity contribution in [3.05, 3.63) is 35.4 Å². The van der Waals surface area contributed by atoms with Crippen molar-refractivity contribution >= 4 is 16.5 Å². The Balaban J connectivity index is 2.90. The maximum Gasteiger partial charge on any atom is 0.204 e. The van der Waals surface area contributed by atoms with E-state index >= 15 is 0 Å². The van der Waals surface area contributed by atoms with E-state index in [1.165, 1.54) is 0 Å². The Bertz CT molecular complexity index is 564. The molecule has 0 atom stereocenters. The SMILES string of the molecule is CN(C)[Si](C)(C)C#Cc1ccc(C#C[Si](C)(C)N(C)C)cc1. The van der Waals surface area contributed by atoms with Crippen LogP contribution in [0.15, 0.2) is 24.3 Å². The predicted molar refractivity (Wildman–Crippen MR) is 103 cm³/mol. The quantitative estimate of drug-likeness (QED) is 0.608.